The van der Waals surface area contributed by atoms with Gasteiger partial charge >= 0.3 is 0 Å². The third-order valence-corrected chi connectivity index (χ3v) is 6.35. The van der Waals surface area contributed by atoms with Crippen LogP contribution in [0.3, 0.4) is 0 Å². The number of ether oxygens (including phenoxy) is 2. The smallest absolute Gasteiger partial charge is 0.232 e. The van der Waals surface area contributed by atoms with Crippen molar-refractivity contribution in [2.45, 2.75) is 39.0 Å². The molecule has 1 amide bonds. The molecule has 0 saturated heterocycles. The van der Waals surface area contributed by atoms with E-state index in [1.165, 1.54) is 0 Å². The van der Waals surface area contributed by atoms with E-state index in [1.807, 2.05) is 36.4 Å². The van der Waals surface area contributed by atoms with Gasteiger partial charge in [0.15, 0.2) is 17.3 Å². The Morgan fingerprint density at radius 1 is 1.03 bits per heavy atom. The molecule has 30 heavy (non-hydrogen) atoms. The second-order valence-corrected chi connectivity index (χ2v) is 9.26. The Bertz CT molecular complexity index is 1100. The quantitative estimate of drug-likeness (QED) is 0.663. The molecular formula is C24H22ClNO4. The molecule has 1 aliphatic carbocycles. The Hall–Kier alpha value is -2.79. The molecule has 0 N–H and O–H groups in total. The summed E-state index contributed by atoms with van der Waals surface area (Å²) in [6.07, 6.45) is 1.29. The van der Waals surface area contributed by atoms with Gasteiger partial charge in [-0.15, -0.1) is 0 Å². The van der Waals surface area contributed by atoms with Crippen molar-refractivity contribution >= 4 is 29.0 Å². The van der Waals surface area contributed by atoms with Crippen molar-refractivity contribution in [1.29, 1.82) is 0 Å². The van der Waals surface area contributed by atoms with Crippen molar-refractivity contribution in [2.24, 2.45) is 5.41 Å². The largest absolute Gasteiger partial charge is 0.454 e. The summed E-state index contributed by atoms with van der Waals surface area (Å²) >= 11 is 6.45. The molecule has 0 spiro atoms. The molecule has 2 heterocycles. The number of hydrogen-bond acceptors (Lipinski definition) is 4. The highest BCUT2D eigenvalue weighted by Crippen LogP contribution is 2.49. The van der Waals surface area contributed by atoms with Gasteiger partial charge in [-0.3, -0.25) is 14.5 Å². The summed E-state index contributed by atoms with van der Waals surface area (Å²) in [7, 11) is 0. The maximum absolute atomic E-state index is 13.4. The van der Waals surface area contributed by atoms with Crippen LogP contribution in [0.25, 0.3) is 0 Å². The summed E-state index contributed by atoms with van der Waals surface area (Å²) in [5.41, 5.74) is 2.78. The number of carbonyl (C=O) groups excluding carboxylic acids is 2. The standard InChI is InChI=1S/C24H22ClNO4/c1-24(2)11-18-23(19(27)12-24)15(14-7-8-20-21(9-14)30-13-29-20)10-22(28)26(18)17-6-4-3-5-16(17)25/h3-9,15H,10-13H2,1-2H3. The van der Waals surface area contributed by atoms with E-state index in [0.717, 1.165) is 11.3 Å². The molecule has 0 aromatic heterocycles. The van der Waals surface area contributed by atoms with Crippen LogP contribution in [0.2, 0.25) is 5.02 Å². The molecule has 5 rings (SSSR count). The molecular weight excluding hydrogens is 402 g/mol. The van der Waals surface area contributed by atoms with E-state index in [2.05, 4.69) is 13.8 Å². The molecule has 154 valence electrons. The van der Waals surface area contributed by atoms with Gasteiger partial charge in [0.25, 0.3) is 0 Å². The van der Waals surface area contributed by atoms with Crippen molar-refractivity contribution < 1.29 is 19.1 Å². The average Bonchev–Trinajstić information content (AvgIpc) is 3.15. The van der Waals surface area contributed by atoms with Gasteiger partial charge in [-0.25, -0.2) is 0 Å². The first kappa shape index (κ1) is 19.2. The number of nitrogens with zero attached hydrogens (tertiary/aromatic N) is 1. The van der Waals surface area contributed by atoms with E-state index < -0.39 is 0 Å². The highest BCUT2D eigenvalue weighted by atomic mass is 35.5. The van der Waals surface area contributed by atoms with E-state index in [1.54, 1.807) is 11.0 Å². The fraction of sp³-hybridized carbons (Fsp3) is 0.333. The van der Waals surface area contributed by atoms with Crippen molar-refractivity contribution in [3.05, 3.63) is 64.3 Å². The summed E-state index contributed by atoms with van der Waals surface area (Å²) in [6.45, 7) is 4.31. The highest BCUT2D eigenvalue weighted by molar-refractivity contribution is 6.34. The first-order valence-electron chi connectivity index (χ1n) is 10.1. The van der Waals surface area contributed by atoms with Crippen molar-refractivity contribution in [2.75, 3.05) is 11.7 Å². The molecule has 0 saturated carbocycles. The highest BCUT2D eigenvalue weighted by Gasteiger charge is 2.44. The van der Waals surface area contributed by atoms with Gasteiger partial charge in [0.05, 0.1) is 10.7 Å². The first-order chi connectivity index (χ1) is 14.3. The molecule has 2 aromatic carbocycles. The molecule has 0 bridgehead atoms. The Balaban J connectivity index is 1.68. The number of carbonyl (C=O) groups is 2. The summed E-state index contributed by atoms with van der Waals surface area (Å²) in [6, 6.07) is 13.0. The second kappa shape index (κ2) is 6.88. The summed E-state index contributed by atoms with van der Waals surface area (Å²) < 4.78 is 10.9. The van der Waals surface area contributed by atoms with Crippen molar-refractivity contribution in [3.63, 3.8) is 0 Å². The van der Waals surface area contributed by atoms with Gasteiger partial charge in [0.1, 0.15) is 0 Å². The van der Waals surface area contributed by atoms with Crippen molar-refractivity contribution in [1.82, 2.24) is 0 Å². The van der Waals surface area contributed by atoms with Crippen LogP contribution in [0.5, 0.6) is 11.5 Å². The minimum absolute atomic E-state index is 0.0602. The molecule has 0 fully saturated rings. The normalized spacial score (nSPS) is 22.4. The number of halogens is 1. The van der Waals surface area contributed by atoms with Gasteiger partial charge in [0.2, 0.25) is 12.7 Å². The lowest BCUT2D eigenvalue weighted by Gasteiger charge is -2.43. The number of para-hydroxylation sites is 1. The van der Waals surface area contributed by atoms with Gasteiger partial charge in [0, 0.05) is 30.0 Å². The zero-order valence-electron chi connectivity index (χ0n) is 16.9. The van der Waals surface area contributed by atoms with Gasteiger partial charge in [-0.05, 0) is 41.7 Å². The molecule has 0 radical (unpaired) electrons. The summed E-state index contributed by atoms with van der Waals surface area (Å²) in [5, 5.41) is 0.495. The van der Waals surface area contributed by atoms with E-state index in [-0.39, 0.29) is 36.2 Å². The Morgan fingerprint density at radius 3 is 2.60 bits per heavy atom. The van der Waals surface area contributed by atoms with Crippen LogP contribution < -0.4 is 14.4 Å². The molecule has 2 aliphatic heterocycles. The number of hydrogen-bond donors (Lipinski definition) is 0. The topological polar surface area (TPSA) is 55.8 Å². The van der Waals surface area contributed by atoms with Crippen LogP contribution in [-0.2, 0) is 9.59 Å². The number of ketones is 1. The maximum atomic E-state index is 13.4. The summed E-state index contributed by atoms with van der Waals surface area (Å²) in [5.74, 6) is 1.07. The number of anilines is 1. The zero-order valence-corrected chi connectivity index (χ0v) is 17.7. The minimum Gasteiger partial charge on any atom is -0.454 e. The summed E-state index contributed by atoms with van der Waals surface area (Å²) in [4.78, 5) is 28.4. The van der Waals surface area contributed by atoms with Gasteiger partial charge < -0.3 is 9.47 Å². The number of Topliss-reactive ketones (excluding diaryl/α,β-unsaturated/α-hetero) is 1. The SMILES string of the molecule is CC1(C)CC(=O)C2=C(C1)N(c1ccccc1Cl)C(=O)CC2c1ccc2c(c1)OCO2. The predicted octanol–water partition coefficient (Wildman–Crippen LogP) is 5.23. The van der Waals surface area contributed by atoms with Crippen LogP contribution in [0.4, 0.5) is 5.69 Å². The number of allylic oxidation sites excluding steroid dienone is 2. The third kappa shape index (κ3) is 3.08. The monoisotopic (exact) mass is 423 g/mol. The Kier molecular flexibility index (Phi) is 4.40. The van der Waals surface area contributed by atoms with Crippen LogP contribution in [0.15, 0.2) is 53.7 Å². The van der Waals surface area contributed by atoms with Crippen LogP contribution >= 0.6 is 11.6 Å². The molecule has 6 heteroatoms. The Morgan fingerprint density at radius 2 is 1.80 bits per heavy atom. The number of benzene rings is 2. The van der Waals surface area contributed by atoms with Gasteiger partial charge in [-0.2, -0.15) is 0 Å². The lowest BCUT2D eigenvalue weighted by atomic mass is 9.69. The second-order valence-electron chi connectivity index (χ2n) is 8.85. The van der Waals surface area contributed by atoms with Crippen LogP contribution in [0, 0.1) is 5.41 Å². The molecule has 3 aliphatic rings. The van der Waals surface area contributed by atoms with E-state index in [4.69, 9.17) is 21.1 Å². The van der Waals surface area contributed by atoms with Crippen LogP contribution in [-0.4, -0.2) is 18.5 Å². The fourth-order valence-electron chi connectivity index (χ4n) is 4.74. The van der Waals surface area contributed by atoms with E-state index in [9.17, 15) is 9.59 Å². The lowest BCUT2D eigenvalue weighted by molar-refractivity contribution is -0.121. The molecule has 1 unspecified atom stereocenters. The predicted molar refractivity (Wildman–Crippen MR) is 114 cm³/mol. The number of rotatable bonds is 2. The number of fused-ring (bicyclic) bond motifs is 1. The van der Waals surface area contributed by atoms with Crippen LogP contribution in [0.1, 0.15) is 44.6 Å². The fourth-order valence-corrected chi connectivity index (χ4v) is 4.96. The molecule has 2 aromatic rings. The maximum Gasteiger partial charge on any atom is 0.232 e. The lowest BCUT2D eigenvalue weighted by Crippen LogP contribution is -2.43. The first-order valence-corrected chi connectivity index (χ1v) is 10.5. The molecule has 5 nitrogen and oxygen atoms in total. The Labute approximate surface area is 180 Å². The molecule has 1 atom stereocenters. The minimum atomic E-state index is -0.302. The number of amides is 1. The van der Waals surface area contributed by atoms with E-state index >= 15 is 0 Å². The van der Waals surface area contributed by atoms with Gasteiger partial charge in [-0.1, -0.05) is 43.6 Å². The van der Waals surface area contributed by atoms with E-state index in [0.29, 0.717) is 40.6 Å². The van der Waals surface area contributed by atoms with Crippen molar-refractivity contribution in [3.8, 4) is 11.5 Å². The average molecular weight is 424 g/mol. The zero-order chi connectivity index (χ0) is 21.0. The third-order valence-electron chi connectivity index (χ3n) is 6.04.